The van der Waals surface area contributed by atoms with Crippen LogP contribution in [0.3, 0.4) is 0 Å². The number of hydrogen-bond donors (Lipinski definition) is 4. The summed E-state index contributed by atoms with van der Waals surface area (Å²) in [5, 5.41) is 26.9. The number of nitrogens with zero attached hydrogens (tertiary/aromatic N) is 11. The quantitative estimate of drug-likeness (QED) is 0.0582. The molecule has 6 aromatic heterocycles. The summed E-state index contributed by atoms with van der Waals surface area (Å²) in [6.07, 6.45) is 4.79. The van der Waals surface area contributed by atoms with E-state index in [-0.39, 0.29) is 120 Å². The van der Waals surface area contributed by atoms with Crippen LogP contribution < -0.4 is 16.0 Å². The normalized spacial score (nSPS) is 15.9. The van der Waals surface area contributed by atoms with E-state index in [4.69, 9.17) is 5.11 Å². The van der Waals surface area contributed by atoms with E-state index >= 15 is 0 Å². The number of aliphatic carboxylic acids is 1. The summed E-state index contributed by atoms with van der Waals surface area (Å²) in [5.41, 5.74) is 4.90. The van der Waals surface area contributed by atoms with Crippen molar-refractivity contribution in [3.8, 4) is 22.3 Å². The predicted octanol–water partition coefficient (Wildman–Crippen LogP) is 10.7. The molecule has 10 rings (SSSR count). The first-order valence-electron chi connectivity index (χ1n) is 25.7. The summed E-state index contributed by atoms with van der Waals surface area (Å²) >= 11 is 6.45. The molecule has 4 N–H and O–H groups in total. The van der Waals surface area contributed by atoms with Gasteiger partial charge >= 0.3 is 5.97 Å². The van der Waals surface area contributed by atoms with Crippen molar-refractivity contribution in [2.45, 2.75) is 119 Å². The van der Waals surface area contributed by atoms with Crippen LogP contribution >= 0.6 is 57.8 Å². The third-order valence-electron chi connectivity index (χ3n) is 13.0. The third-order valence-corrected chi connectivity index (χ3v) is 13.9. The zero-order valence-electron chi connectivity index (χ0n) is 45.7. The van der Waals surface area contributed by atoms with Gasteiger partial charge in [0.05, 0.1) is 23.6 Å². The molecular formula is C58H67Br2ClF2N14O7S. The molecule has 2 fully saturated rings. The summed E-state index contributed by atoms with van der Waals surface area (Å²) in [7, 11) is 0. The van der Waals surface area contributed by atoms with Crippen molar-refractivity contribution >= 4 is 126 Å². The lowest BCUT2D eigenvalue weighted by molar-refractivity contribution is -0.138. The molecule has 2 saturated heterocycles. The number of pyridine rings is 2. The Hall–Kier alpha value is -7.52. The van der Waals surface area contributed by atoms with E-state index in [0.717, 1.165) is 33.9 Å². The summed E-state index contributed by atoms with van der Waals surface area (Å²) in [5.74, 6) is -0.0396. The van der Waals surface area contributed by atoms with Crippen LogP contribution in [0.15, 0.2) is 107 Å². The highest BCUT2D eigenvalue weighted by atomic mass is 79.9. The van der Waals surface area contributed by atoms with Crippen molar-refractivity contribution in [3.63, 3.8) is 0 Å². The molecule has 452 valence electrons. The summed E-state index contributed by atoms with van der Waals surface area (Å²) in [4.78, 5) is 100. The second-order valence-corrected chi connectivity index (χ2v) is 21.4. The predicted molar refractivity (Wildman–Crippen MR) is 336 cm³/mol. The van der Waals surface area contributed by atoms with E-state index in [1.54, 1.807) is 73.3 Å². The molecule has 0 saturated carbocycles. The van der Waals surface area contributed by atoms with E-state index < -0.39 is 42.2 Å². The minimum atomic E-state index is -1.34. The Morgan fingerprint density at radius 1 is 0.647 bits per heavy atom. The van der Waals surface area contributed by atoms with Gasteiger partial charge in [-0.1, -0.05) is 66.8 Å². The number of ketones is 2. The average molecular weight is 1340 g/mol. The molecule has 2 aliphatic heterocycles. The van der Waals surface area contributed by atoms with E-state index in [0.29, 0.717) is 42.6 Å². The molecule has 27 heteroatoms. The summed E-state index contributed by atoms with van der Waals surface area (Å²) in [6.45, 7) is 10.4. The first kappa shape index (κ1) is 70.0. The number of likely N-dealkylation sites (tertiary alicyclic amines) is 1. The number of anilines is 2. The van der Waals surface area contributed by atoms with Gasteiger partial charge in [-0.15, -0.1) is 12.4 Å². The fraction of sp³-hybridized carbons (Fsp3) is 0.345. The number of halogens is 5. The maximum absolute atomic E-state index is 14.4. The van der Waals surface area contributed by atoms with Gasteiger partial charge in [0.1, 0.15) is 75.4 Å². The zero-order valence-corrected chi connectivity index (χ0v) is 50.7. The SMILES string of the molecule is C.C.CC(=O)c1nn(CC(=O)N2C[C@H](F)C[C@H]2C(=O)Nc2cccc(Br)n2)c2ccc(-c3cnc(C(C)C)nc3)cc12.CC(=O)c1nn(CC(=O)O)c2ccc(-c3cnc(C(C)C)nc3)cc12.Cl.O=C(Nc1cccc(Br)n1)[C@@H]1C[C@@H](F)CN1.S. The molecule has 3 amide bonds. The van der Waals surface area contributed by atoms with Gasteiger partial charge in [-0.3, -0.25) is 38.1 Å². The molecule has 2 aliphatic rings. The maximum atomic E-state index is 14.4. The van der Waals surface area contributed by atoms with Crippen LogP contribution in [0.5, 0.6) is 0 Å². The lowest BCUT2D eigenvalue weighted by Crippen LogP contribution is -2.44. The number of hydrogen-bond acceptors (Lipinski definition) is 15. The molecule has 0 bridgehead atoms. The van der Waals surface area contributed by atoms with Gasteiger partial charge in [-0.05, 0) is 91.5 Å². The minimum Gasteiger partial charge on any atom is -0.480 e. The molecule has 8 heterocycles. The lowest BCUT2D eigenvalue weighted by atomic mass is 10.0. The van der Waals surface area contributed by atoms with Gasteiger partial charge in [-0.2, -0.15) is 23.7 Å². The molecule has 21 nitrogen and oxygen atoms in total. The van der Waals surface area contributed by atoms with E-state index in [1.165, 1.54) is 28.1 Å². The van der Waals surface area contributed by atoms with Crippen molar-refractivity contribution in [2.24, 2.45) is 0 Å². The Bertz CT molecular complexity index is 3670. The van der Waals surface area contributed by atoms with Crippen molar-refractivity contribution < 1.29 is 42.7 Å². The van der Waals surface area contributed by atoms with Crippen LogP contribution in [0.25, 0.3) is 44.1 Å². The van der Waals surface area contributed by atoms with E-state index in [2.05, 4.69) is 87.9 Å². The second kappa shape index (κ2) is 31.0. The first-order chi connectivity index (χ1) is 38.6. The van der Waals surface area contributed by atoms with Gasteiger partial charge in [-0.25, -0.2) is 38.7 Å². The van der Waals surface area contributed by atoms with Gasteiger partial charge in [0.15, 0.2) is 11.6 Å². The number of carbonyl (C=O) groups excluding carboxylic acids is 5. The molecule has 0 radical (unpaired) electrons. The fourth-order valence-electron chi connectivity index (χ4n) is 8.98. The maximum Gasteiger partial charge on any atom is 0.325 e. The third kappa shape index (κ3) is 17.6. The Balaban J connectivity index is 0.000000295. The fourth-order valence-corrected chi connectivity index (χ4v) is 9.66. The van der Waals surface area contributed by atoms with Crippen molar-refractivity contribution in [3.05, 3.63) is 130 Å². The molecule has 0 aliphatic carbocycles. The van der Waals surface area contributed by atoms with Crippen LogP contribution in [0.4, 0.5) is 20.4 Å². The lowest BCUT2D eigenvalue weighted by Gasteiger charge is -2.23. The number of carboxylic acid groups (broad SMARTS) is 1. The standard InChI is InChI=1S/C28H27BrFN7O3.C18H18N4O3.C10H11BrFN3O.2CH4.ClH.H2S/c1-15(2)27-31-11-18(12-32-27)17-7-8-21-20(9-17)26(16(3)38)35-37(21)14-25(39)36-13-19(30)10-22(36)28(40)34-24-6-4-5-23(29)33-24;1-10(2)18-19-7-13(8-20-18)12-4-5-15-14(6-12)17(11(3)23)21-22(15)9-16(24)25;11-8-2-1-3-9(14-8)15-10(16)7-4-6(12)5-13-7;;;;/h4-9,11-12,15,19,22H,10,13-14H2,1-3H3,(H,33,34,40);4-8,10H,9H2,1-3H3,(H,24,25);1-3,6-7,13H,4-5H2,(H,14,15,16);2*1H4;1H;1H2/t19-,22+;;6-,7+;;;;/m1.1..../s1. The molecule has 2 aromatic carbocycles. The molecule has 85 heavy (non-hydrogen) atoms. The smallest absolute Gasteiger partial charge is 0.325 e. The second-order valence-electron chi connectivity index (χ2n) is 19.8. The number of rotatable bonds is 14. The van der Waals surface area contributed by atoms with Crippen LogP contribution in [0.1, 0.15) is 114 Å². The van der Waals surface area contributed by atoms with Gasteiger partial charge < -0.3 is 26.0 Å². The number of carboxylic acids is 1. The monoisotopic (exact) mass is 1330 g/mol. The van der Waals surface area contributed by atoms with E-state index in [1.807, 2.05) is 52.0 Å². The summed E-state index contributed by atoms with van der Waals surface area (Å²) in [6, 6.07) is 19.7. The number of fused-ring (bicyclic) bond motifs is 2. The number of amides is 3. The Kier molecular flexibility index (Phi) is 25.6. The number of nitrogens with one attached hydrogen (secondary N) is 3. The number of Topliss-reactive ketones (excluding diaryl/α,β-unsaturated/α-hetero) is 2. The van der Waals surface area contributed by atoms with Crippen LogP contribution in [-0.4, -0.2) is 132 Å². The highest BCUT2D eigenvalue weighted by molar-refractivity contribution is 9.10. The van der Waals surface area contributed by atoms with Crippen LogP contribution in [0.2, 0.25) is 0 Å². The number of carbonyl (C=O) groups is 6. The number of alkyl halides is 2. The Morgan fingerprint density at radius 3 is 1.49 bits per heavy atom. The van der Waals surface area contributed by atoms with Gasteiger partial charge in [0.25, 0.3) is 0 Å². The first-order valence-corrected chi connectivity index (χ1v) is 27.3. The van der Waals surface area contributed by atoms with Crippen molar-refractivity contribution in [1.29, 1.82) is 0 Å². The molecule has 0 unspecified atom stereocenters. The van der Waals surface area contributed by atoms with Crippen molar-refractivity contribution in [1.82, 2.24) is 59.7 Å². The van der Waals surface area contributed by atoms with Crippen LogP contribution in [-0.2, 0) is 32.3 Å². The minimum absolute atomic E-state index is 0. The average Bonchev–Trinajstić information content (AvgIpc) is 4.01. The number of benzene rings is 2. The largest absolute Gasteiger partial charge is 0.480 e. The molecule has 8 aromatic rings. The van der Waals surface area contributed by atoms with E-state index in [9.17, 15) is 37.5 Å². The number of aromatic nitrogens is 10. The Morgan fingerprint density at radius 2 is 1.09 bits per heavy atom. The molecular weight excluding hydrogens is 1270 g/mol. The van der Waals surface area contributed by atoms with Crippen LogP contribution in [0, 0.1) is 0 Å². The molecule has 4 atom stereocenters. The summed E-state index contributed by atoms with van der Waals surface area (Å²) < 4.78 is 31.3. The topological polar surface area (TPSA) is 275 Å². The zero-order chi connectivity index (χ0) is 58.2. The highest BCUT2D eigenvalue weighted by Gasteiger charge is 2.40. The Labute approximate surface area is 520 Å². The highest BCUT2D eigenvalue weighted by Crippen LogP contribution is 2.30. The van der Waals surface area contributed by atoms with Crippen molar-refractivity contribution in [2.75, 3.05) is 23.7 Å². The van der Waals surface area contributed by atoms with Gasteiger partial charge in [0, 0.05) is 91.8 Å². The molecule has 0 spiro atoms. The van der Waals surface area contributed by atoms with Gasteiger partial charge in [0.2, 0.25) is 17.7 Å².